The molecule has 22 heavy (non-hydrogen) atoms. The van der Waals surface area contributed by atoms with E-state index in [2.05, 4.69) is 5.32 Å². The van der Waals surface area contributed by atoms with Gasteiger partial charge in [0.05, 0.1) is 12.1 Å². The second kappa shape index (κ2) is 7.95. The SMILES string of the molecule is Cl.N[C@@H](Cc1ccccc1)C(=O)NC1CCCC2OCCC12. The third-order valence-electron chi connectivity index (χ3n) is 4.74. The maximum absolute atomic E-state index is 12.3. The van der Waals surface area contributed by atoms with Crippen molar-refractivity contribution in [3.8, 4) is 0 Å². The van der Waals surface area contributed by atoms with Gasteiger partial charge in [0.1, 0.15) is 0 Å². The molecule has 0 aromatic heterocycles. The first-order chi connectivity index (χ1) is 10.2. The Balaban J connectivity index is 0.00000176. The number of carbonyl (C=O) groups is 1. The van der Waals surface area contributed by atoms with E-state index in [0.717, 1.165) is 37.9 Å². The molecule has 1 aliphatic heterocycles. The van der Waals surface area contributed by atoms with Gasteiger partial charge in [-0.25, -0.2) is 0 Å². The number of nitrogens with one attached hydrogen (secondary N) is 1. The highest BCUT2D eigenvalue weighted by atomic mass is 35.5. The Morgan fingerprint density at radius 3 is 2.82 bits per heavy atom. The number of amides is 1. The van der Waals surface area contributed by atoms with Crippen molar-refractivity contribution < 1.29 is 9.53 Å². The summed E-state index contributed by atoms with van der Waals surface area (Å²) in [4.78, 5) is 12.3. The van der Waals surface area contributed by atoms with E-state index in [1.54, 1.807) is 0 Å². The average molecular weight is 325 g/mol. The predicted octanol–water partition coefficient (Wildman–Crippen LogP) is 2.05. The molecule has 2 fully saturated rings. The number of benzene rings is 1. The van der Waals surface area contributed by atoms with Crippen LogP contribution in [0.1, 0.15) is 31.2 Å². The molecule has 1 aromatic rings. The van der Waals surface area contributed by atoms with Gasteiger partial charge in [-0.1, -0.05) is 30.3 Å². The van der Waals surface area contributed by atoms with Crippen molar-refractivity contribution in [1.29, 1.82) is 0 Å². The molecule has 3 rings (SSSR count). The van der Waals surface area contributed by atoms with Crippen LogP contribution in [0.3, 0.4) is 0 Å². The fourth-order valence-electron chi connectivity index (χ4n) is 3.61. The Morgan fingerprint density at radius 2 is 2.05 bits per heavy atom. The van der Waals surface area contributed by atoms with Crippen LogP contribution in [0.25, 0.3) is 0 Å². The largest absolute Gasteiger partial charge is 0.378 e. The second-order valence-electron chi connectivity index (χ2n) is 6.20. The van der Waals surface area contributed by atoms with Gasteiger partial charge in [0, 0.05) is 18.6 Å². The minimum Gasteiger partial charge on any atom is -0.378 e. The number of hydrogen-bond acceptors (Lipinski definition) is 3. The zero-order chi connectivity index (χ0) is 14.7. The van der Waals surface area contributed by atoms with Crippen molar-refractivity contribution in [1.82, 2.24) is 5.32 Å². The minimum atomic E-state index is -0.477. The van der Waals surface area contributed by atoms with Crippen molar-refractivity contribution in [3.63, 3.8) is 0 Å². The van der Waals surface area contributed by atoms with Crippen molar-refractivity contribution in [2.24, 2.45) is 11.7 Å². The lowest BCUT2D eigenvalue weighted by molar-refractivity contribution is -0.123. The van der Waals surface area contributed by atoms with Gasteiger partial charge in [-0.15, -0.1) is 12.4 Å². The van der Waals surface area contributed by atoms with E-state index in [4.69, 9.17) is 10.5 Å². The summed E-state index contributed by atoms with van der Waals surface area (Å²) in [6.45, 7) is 0.831. The smallest absolute Gasteiger partial charge is 0.237 e. The normalized spacial score (nSPS) is 28.3. The topological polar surface area (TPSA) is 64.4 Å². The average Bonchev–Trinajstić information content (AvgIpc) is 2.98. The van der Waals surface area contributed by atoms with Gasteiger partial charge in [-0.2, -0.15) is 0 Å². The summed E-state index contributed by atoms with van der Waals surface area (Å²) in [7, 11) is 0. The Bertz CT molecular complexity index is 483. The van der Waals surface area contributed by atoms with Crippen LogP contribution < -0.4 is 11.1 Å². The van der Waals surface area contributed by atoms with Crippen LogP contribution in [0, 0.1) is 5.92 Å². The monoisotopic (exact) mass is 324 g/mol. The molecule has 3 N–H and O–H groups in total. The quantitative estimate of drug-likeness (QED) is 0.891. The first-order valence-corrected chi connectivity index (χ1v) is 7.95. The molecule has 2 aliphatic rings. The van der Waals surface area contributed by atoms with Gasteiger partial charge in [0.15, 0.2) is 0 Å². The molecule has 1 saturated heterocycles. The number of fused-ring (bicyclic) bond motifs is 1. The molecule has 3 unspecified atom stereocenters. The molecule has 5 heteroatoms. The highest BCUT2D eigenvalue weighted by Crippen LogP contribution is 2.34. The Labute approximate surface area is 138 Å². The number of halogens is 1. The van der Waals surface area contributed by atoms with Gasteiger partial charge >= 0.3 is 0 Å². The Hall–Kier alpha value is -1.10. The van der Waals surface area contributed by atoms with Crippen LogP contribution >= 0.6 is 12.4 Å². The van der Waals surface area contributed by atoms with Crippen molar-refractivity contribution in [2.45, 2.75) is 50.3 Å². The first-order valence-electron chi connectivity index (χ1n) is 7.95. The van der Waals surface area contributed by atoms with Crippen LogP contribution in [0.4, 0.5) is 0 Å². The zero-order valence-electron chi connectivity index (χ0n) is 12.7. The Morgan fingerprint density at radius 1 is 1.27 bits per heavy atom. The molecule has 4 atom stereocenters. The van der Waals surface area contributed by atoms with E-state index in [9.17, 15) is 4.79 Å². The summed E-state index contributed by atoms with van der Waals surface area (Å²) in [5.41, 5.74) is 7.16. The van der Waals surface area contributed by atoms with E-state index in [0.29, 0.717) is 18.4 Å². The third-order valence-corrected chi connectivity index (χ3v) is 4.74. The molecule has 122 valence electrons. The van der Waals surface area contributed by atoms with Crippen LogP contribution in [0.5, 0.6) is 0 Å². The van der Waals surface area contributed by atoms with E-state index >= 15 is 0 Å². The van der Waals surface area contributed by atoms with Gasteiger partial charge in [-0.3, -0.25) is 4.79 Å². The van der Waals surface area contributed by atoms with Crippen LogP contribution in [0.15, 0.2) is 30.3 Å². The van der Waals surface area contributed by atoms with Gasteiger partial charge in [0.2, 0.25) is 5.91 Å². The van der Waals surface area contributed by atoms with Crippen LogP contribution in [-0.4, -0.2) is 30.7 Å². The van der Waals surface area contributed by atoms with E-state index < -0.39 is 6.04 Å². The van der Waals surface area contributed by atoms with E-state index in [1.807, 2.05) is 30.3 Å². The fraction of sp³-hybridized carbons (Fsp3) is 0.588. The summed E-state index contributed by atoms with van der Waals surface area (Å²) >= 11 is 0. The van der Waals surface area contributed by atoms with E-state index in [1.165, 1.54) is 0 Å². The third kappa shape index (κ3) is 4.00. The number of ether oxygens (including phenoxy) is 1. The highest BCUT2D eigenvalue weighted by Gasteiger charge is 2.38. The fourth-order valence-corrected chi connectivity index (χ4v) is 3.61. The summed E-state index contributed by atoms with van der Waals surface area (Å²) in [6, 6.07) is 9.69. The lowest BCUT2D eigenvalue weighted by Gasteiger charge is -2.33. The van der Waals surface area contributed by atoms with Gasteiger partial charge < -0.3 is 15.8 Å². The summed E-state index contributed by atoms with van der Waals surface area (Å²) in [5.74, 6) is 0.447. The van der Waals surface area contributed by atoms with Gasteiger partial charge in [0.25, 0.3) is 0 Å². The summed E-state index contributed by atoms with van der Waals surface area (Å²) in [6.07, 6.45) is 5.30. The lowest BCUT2D eigenvalue weighted by Crippen LogP contribution is -2.51. The molecule has 0 bridgehead atoms. The molecule has 4 nitrogen and oxygen atoms in total. The summed E-state index contributed by atoms with van der Waals surface area (Å²) in [5, 5.41) is 3.17. The number of carbonyl (C=O) groups excluding carboxylic acids is 1. The minimum absolute atomic E-state index is 0. The second-order valence-corrected chi connectivity index (χ2v) is 6.20. The molecule has 1 aromatic carbocycles. The molecule has 0 spiro atoms. The Kier molecular flexibility index (Phi) is 6.24. The molecule has 1 heterocycles. The molecular weight excluding hydrogens is 300 g/mol. The maximum atomic E-state index is 12.3. The number of nitrogens with two attached hydrogens (primary N) is 1. The number of rotatable bonds is 4. The zero-order valence-corrected chi connectivity index (χ0v) is 13.6. The standard InChI is InChI=1S/C17H24N2O2.ClH/c18-14(11-12-5-2-1-3-6-12)17(20)19-15-7-4-8-16-13(15)9-10-21-16;/h1-3,5-6,13-16H,4,7-11,18H2,(H,19,20);1H/t13?,14-,15?,16?;/m0./s1. The van der Waals surface area contributed by atoms with Crippen LogP contribution in [0.2, 0.25) is 0 Å². The first kappa shape index (κ1) is 17.3. The van der Waals surface area contributed by atoms with Crippen molar-refractivity contribution in [3.05, 3.63) is 35.9 Å². The van der Waals surface area contributed by atoms with Crippen molar-refractivity contribution in [2.75, 3.05) is 6.61 Å². The lowest BCUT2D eigenvalue weighted by atomic mass is 9.81. The number of hydrogen-bond donors (Lipinski definition) is 2. The predicted molar refractivity (Wildman–Crippen MR) is 89.0 cm³/mol. The molecule has 1 aliphatic carbocycles. The summed E-state index contributed by atoms with van der Waals surface area (Å²) < 4.78 is 5.74. The highest BCUT2D eigenvalue weighted by molar-refractivity contribution is 5.85. The molecule has 1 saturated carbocycles. The maximum Gasteiger partial charge on any atom is 0.237 e. The van der Waals surface area contributed by atoms with Crippen LogP contribution in [-0.2, 0) is 16.0 Å². The molecular formula is C17H25ClN2O2. The van der Waals surface area contributed by atoms with Crippen molar-refractivity contribution >= 4 is 18.3 Å². The van der Waals surface area contributed by atoms with E-state index in [-0.39, 0.29) is 24.4 Å². The van der Waals surface area contributed by atoms with Gasteiger partial charge in [-0.05, 0) is 37.7 Å². The molecule has 1 amide bonds. The molecule has 0 radical (unpaired) electrons.